The van der Waals surface area contributed by atoms with E-state index in [4.69, 9.17) is 4.98 Å². The lowest BCUT2D eigenvalue weighted by Gasteiger charge is -2.15. The van der Waals surface area contributed by atoms with Gasteiger partial charge in [-0.1, -0.05) is 18.2 Å². The molecule has 0 radical (unpaired) electrons. The van der Waals surface area contributed by atoms with Crippen LogP contribution in [0.4, 0.5) is 16.2 Å². The van der Waals surface area contributed by atoms with Crippen molar-refractivity contribution in [2.24, 2.45) is 5.92 Å². The highest BCUT2D eigenvalue weighted by Crippen LogP contribution is 2.28. The molecule has 1 aliphatic carbocycles. The van der Waals surface area contributed by atoms with Crippen molar-refractivity contribution in [1.82, 2.24) is 14.7 Å². The first kappa shape index (κ1) is 22.0. The number of benzene rings is 1. The maximum atomic E-state index is 12.3. The SMILES string of the molecule is Cc1cccc(C)c1CNc1cc(NC(=O)NCC2CC2)cn2c(C)c(C)nc12.Cl. The molecule has 3 N–H and O–H groups in total. The highest BCUT2D eigenvalue weighted by Gasteiger charge is 2.21. The van der Waals surface area contributed by atoms with Gasteiger partial charge in [0.2, 0.25) is 0 Å². The average molecular weight is 428 g/mol. The summed E-state index contributed by atoms with van der Waals surface area (Å²) < 4.78 is 2.04. The van der Waals surface area contributed by atoms with Crippen molar-refractivity contribution in [2.75, 3.05) is 17.2 Å². The number of carbonyl (C=O) groups excluding carboxylic acids is 1. The normalized spacial score (nSPS) is 13.1. The Morgan fingerprint density at radius 1 is 1.17 bits per heavy atom. The number of imidazole rings is 1. The van der Waals surface area contributed by atoms with E-state index >= 15 is 0 Å². The molecule has 0 aliphatic heterocycles. The van der Waals surface area contributed by atoms with Gasteiger partial charge >= 0.3 is 6.03 Å². The van der Waals surface area contributed by atoms with Gasteiger partial charge in [-0.2, -0.15) is 0 Å². The summed E-state index contributed by atoms with van der Waals surface area (Å²) in [6, 6.07) is 8.15. The number of halogens is 1. The Morgan fingerprint density at radius 2 is 1.87 bits per heavy atom. The molecule has 30 heavy (non-hydrogen) atoms. The maximum Gasteiger partial charge on any atom is 0.319 e. The number of urea groups is 1. The maximum absolute atomic E-state index is 12.3. The molecule has 3 aromatic rings. The lowest BCUT2D eigenvalue weighted by molar-refractivity contribution is 0.251. The molecule has 1 aromatic carbocycles. The second-order valence-corrected chi connectivity index (χ2v) is 8.12. The average Bonchev–Trinajstić information content (AvgIpc) is 3.46. The van der Waals surface area contributed by atoms with E-state index in [9.17, 15) is 4.79 Å². The molecule has 6 nitrogen and oxygen atoms in total. The summed E-state index contributed by atoms with van der Waals surface area (Å²) in [6.45, 7) is 9.76. The van der Waals surface area contributed by atoms with E-state index in [2.05, 4.69) is 48.0 Å². The number of nitrogens with one attached hydrogen (secondary N) is 3. The molecule has 0 spiro atoms. The smallest absolute Gasteiger partial charge is 0.319 e. The molecular formula is C23H30ClN5O. The van der Waals surface area contributed by atoms with Crippen LogP contribution in [-0.4, -0.2) is 22.0 Å². The molecule has 7 heteroatoms. The standard InChI is InChI=1S/C23H29N5O.ClH/c1-14-6-5-7-15(2)20(14)12-24-21-10-19(27-23(29)25-11-18-8-9-18)13-28-17(4)16(3)26-22(21)28;/h5-7,10,13,18,24H,8-9,11-12H2,1-4H3,(H2,25,27,29);1H. The fourth-order valence-electron chi connectivity index (χ4n) is 3.62. The monoisotopic (exact) mass is 427 g/mol. The second kappa shape index (κ2) is 8.96. The van der Waals surface area contributed by atoms with Crippen molar-refractivity contribution >= 4 is 35.5 Å². The van der Waals surface area contributed by atoms with E-state index in [1.807, 2.05) is 30.5 Å². The molecule has 2 aromatic heterocycles. The van der Waals surface area contributed by atoms with Crippen LogP contribution in [0.25, 0.3) is 5.65 Å². The molecule has 2 amide bonds. The second-order valence-electron chi connectivity index (χ2n) is 8.12. The zero-order chi connectivity index (χ0) is 20.5. The summed E-state index contributed by atoms with van der Waals surface area (Å²) in [5.74, 6) is 0.649. The van der Waals surface area contributed by atoms with Gasteiger partial charge in [-0.25, -0.2) is 9.78 Å². The molecular weight excluding hydrogens is 398 g/mol. The van der Waals surface area contributed by atoms with Gasteiger partial charge in [-0.15, -0.1) is 12.4 Å². The number of fused-ring (bicyclic) bond motifs is 1. The van der Waals surface area contributed by atoms with Gasteiger partial charge in [0.1, 0.15) is 0 Å². The number of carbonyl (C=O) groups is 1. The van der Waals surface area contributed by atoms with Crippen LogP contribution in [0.1, 0.15) is 40.9 Å². The molecule has 160 valence electrons. The van der Waals surface area contributed by atoms with Crippen molar-refractivity contribution in [2.45, 2.75) is 47.1 Å². The fraction of sp³-hybridized carbons (Fsp3) is 0.391. The zero-order valence-electron chi connectivity index (χ0n) is 18.0. The number of nitrogens with zero attached hydrogens (tertiary/aromatic N) is 2. The highest BCUT2D eigenvalue weighted by molar-refractivity contribution is 5.90. The Labute approximate surface area is 183 Å². The predicted octanol–water partition coefficient (Wildman–Crippen LogP) is 5.13. The van der Waals surface area contributed by atoms with E-state index in [-0.39, 0.29) is 18.4 Å². The van der Waals surface area contributed by atoms with Crippen LogP contribution < -0.4 is 16.0 Å². The number of anilines is 2. The molecule has 0 saturated heterocycles. The lowest BCUT2D eigenvalue weighted by atomic mass is 10.0. The summed E-state index contributed by atoms with van der Waals surface area (Å²) in [5.41, 5.74) is 8.38. The number of amides is 2. The Bertz CT molecular complexity index is 1050. The van der Waals surface area contributed by atoms with Crippen LogP contribution in [0.2, 0.25) is 0 Å². The van der Waals surface area contributed by atoms with Crippen LogP contribution in [0.3, 0.4) is 0 Å². The largest absolute Gasteiger partial charge is 0.378 e. The fourth-order valence-corrected chi connectivity index (χ4v) is 3.62. The van der Waals surface area contributed by atoms with E-state index in [1.54, 1.807) is 0 Å². The van der Waals surface area contributed by atoms with Gasteiger partial charge in [0.05, 0.1) is 17.1 Å². The zero-order valence-corrected chi connectivity index (χ0v) is 18.8. The van der Waals surface area contributed by atoms with Crippen LogP contribution in [0.15, 0.2) is 30.5 Å². The van der Waals surface area contributed by atoms with Gasteiger partial charge in [-0.05, 0) is 69.2 Å². The van der Waals surface area contributed by atoms with Crippen LogP contribution in [0.5, 0.6) is 0 Å². The van der Waals surface area contributed by atoms with Gasteiger partial charge in [0, 0.05) is 25.0 Å². The van der Waals surface area contributed by atoms with Crippen molar-refractivity contribution in [3.05, 3.63) is 58.5 Å². The number of hydrogen-bond donors (Lipinski definition) is 3. The Morgan fingerprint density at radius 3 is 2.53 bits per heavy atom. The summed E-state index contributed by atoms with van der Waals surface area (Å²) in [7, 11) is 0. The molecule has 1 aliphatic rings. The third-order valence-corrected chi connectivity index (χ3v) is 5.80. The first-order chi connectivity index (χ1) is 13.9. The topological polar surface area (TPSA) is 70.5 Å². The van der Waals surface area contributed by atoms with Crippen molar-refractivity contribution in [1.29, 1.82) is 0 Å². The first-order valence-corrected chi connectivity index (χ1v) is 10.3. The van der Waals surface area contributed by atoms with Gasteiger partial charge in [-0.3, -0.25) is 0 Å². The Balaban J connectivity index is 0.00000256. The number of aromatic nitrogens is 2. The van der Waals surface area contributed by atoms with E-state index < -0.39 is 0 Å². The quantitative estimate of drug-likeness (QED) is 0.510. The van der Waals surface area contributed by atoms with Gasteiger partial charge in [0.15, 0.2) is 5.65 Å². The molecule has 0 atom stereocenters. The van der Waals surface area contributed by atoms with Crippen molar-refractivity contribution in [3.8, 4) is 0 Å². The number of pyridine rings is 1. The summed E-state index contributed by atoms with van der Waals surface area (Å²) in [4.78, 5) is 17.0. The summed E-state index contributed by atoms with van der Waals surface area (Å²) >= 11 is 0. The van der Waals surface area contributed by atoms with E-state index in [0.29, 0.717) is 12.5 Å². The molecule has 2 heterocycles. The minimum atomic E-state index is -0.161. The van der Waals surface area contributed by atoms with E-state index in [0.717, 1.165) is 35.0 Å². The van der Waals surface area contributed by atoms with Gasteiger partial charge in [0.25, 0.3) is 0 Å². The highest BCUT2D eigenvalue weighted by atomic mass is 35.5. The summed E-state index contributed by atoms with van der Waals surface area (Å²) in [5, 5.41) is 9.48. The number of aryl methyl sites for hydroxylation is 4. The first-order valence-electron chi connectivity index (χ1n) is 10.3. The molecule has 0 bridgehead atoms. The van der Waals surface area contributed by atoms with Crippen molar-refractivity contribution < 1.29 is 4.79 Å². The molecule has 4 rings (SSSR count). The van der Waals surface area contributed by atoms with Gasteiger partial charge < -0.3 is 20.4 Å². The third-order valence-electron chi connectivity index (χ3n) is 5.80. The Hall–Kier alpha value is -2.73. The van der Waals surface area contributed by atoms with Crippen LogP contribution in [-0.2, 0) is 6.54 Å². The van der Waals surface area contributed by atoms with Crippen LogP contribution in [0, 0.1) is 33.6 Å². The molecule has 0 unspecified atom stereocenters. The van der Waals surface area contributed by atoms with Crippen molar-refractivity contribution in [3.63, 3.8) is 0 Å². The number of hydrogen-bond acceptors (Lipinski definition) is 3. The Kier molecular flexibility index (Phi) is 6.56. The summed E-state index contributed by atoms with van der Waals surface area (Å²) in [6.07, 6.45) is 4.36. The minimum absolute atomic E-state index is 0. The van der Waals surface area contributed by atoms with E-state index in [1.165, 1.54) is 29.5 Å². The predicted molar refractivity (Wildman–Crippen MR) is 125 cm³/mol. The third kappa shape index (κ3) is 4.70. The molecule has 1 saturated carbocycles. The molecule has 1 fully saturated rings. The lowest BCUT2D eigenvalue weighted by Crippen LogP contribution is -2.30. The van der Waals surface area contributed by atoms with Crippen LogP contribution >= 0.6 is 12.4 Å². The number of rotatable bonds is 6. The minimum Gasteiger partial charge on any atom is -0.378 e.